The molecule has 0 aliphatic rings. The Balaban J connectivity index is 3.58. The van der Waals surface area contributed by atoms with Crippen LogP contribution in [0.5, 0.6) is 0 Å². The van der Waals surface area contributed by atoms with E-state index in [0.717, 1.165) is 19.3 Å². The summed E-state index contributed by atoms with van der Waals surface area (Å²) >= 11 is 0. The van der Waals surface area contributed by atoms with Gasteiger partial charge in [-0.3, -0.25) is 9.59 Å². The van der Waals surface area contributed by atoms with Crippen LogP contribution < -0.4 is 0 Å². The number of carbonyl (C=O) groups is 2. The first-order chi connectivity index (χ1) is 7.11. The molecule has 0 rings (SSSR count). The highest BCUT2D eigenvalue weighted by atomic mass is 16.7. The first-order valence-corrected chi connectivity index (χ1v) is 5.44. The minimum Gasteiger partial charge on any atom is -0.428 e. The molecule has 1 unspecified atom stereocenters. The zero-order chi connectivity index (χ0) is 11.7. The van der Waals surface area contributed by atoms with Gasteiger partial charge in [-0.05, 0) is 12.8 Å². The van der Waals surface area contributed by atoms with Crippen molar-refractivity contribution in [2.45, 2.75) is 46.5 Å². The topological polar surface area (TPSA) is 52.6 Å². The average Bonchev–Trinajstić information content (AvgIpc) is 2.18. The lowest BCUT2D eigenvalue weighted by Gasteiger charge is -2.10. The van der Waals surface area contributed by atoms with Gasteiger partial charge in [-0.25, -0.2) is 0 Å². The second kappa shape index (κ2) is 8.26. The van der Waals surface area contributed by atoms with E-state index in [1.54, 1.807) is 6.92 Å². The Morgan fingerprint density at radius 3 is 2.33 bits per heavy atom. The van der Waals surface area contributed by atoms with Crippen LogP contribution in [0, 0.1) is 5.92 Å². The number of esters is 2. The van der Waals surface area contributed by atoms with Gasteiger partial charge in [0.25, 0.3) is 0 Å². The second-order valence-corrected chi connectivity index (χ2v) is 3.54. The molecular formula is C11H20O4. The summed E-state index contributed by atoms with van der Waals surface area (Å²) in [6.07, 6.45) is 2.83. The van der Waals surface area contributed by atoms with Gasteiger partial charge in [-0.1, -0.05) is 27.2 Å². The first kappa shape index (κ1) is 13.9. The molecular weight excluding hydrogens is 196 g/mol. The summed E-state index contributed by atoms with van der Waals surface area (Å²) in [6.45, 7) is 5.44. The van der Waals surface area contributed by atoms with Crippen LogP contribution in [0.25, 0.3) is 0 Å². The van der Waals surface area contributed by atoms with Crippen molar-refractivity contribution in [2.24, 2.45) is 5.92 Å². The monoisotopic (exact) mass is 216 g/mol. The SMILES string of the molecule is CCCC(=O)OCOC(=O)C(C)CCC. The molecule has 0 aromatic rings. The van der Waals surface area contributed by atoms with Gasteiger partial charge in [0.15, 0.2) is 0 Å². The Morgan fingerprint density at radius 1 is 1.13 bits per heavy atom. The van der Waals surface area contributed by atoms with Gasteiger partial charge < -0.3 is 9.47 Å². The summed E-state index contributed by atoms with van der Waals surface area (Å²) in [5.41, 5.74) is 0. The van der Waals surface area contributed by atoms with Crippen molar-refractivity contribution >= 4 is 11.9 Å². The van der Waals surface area contributed by atoms with Gasteiger partial charge in [0.1, 0.15) is 0 Å². The largest absolute Gasteiger partial charge is 0.428 e. The minimum atomic E-state index is -0.326. The molecule has 0 N–H and O–H groups in total. The Labute approximate surface area is 90.9 Å². The second-order valence-electron chi connectivity index (χ2n) is 3.54. The number of ether oxygens (including phenoxy) is 2. The maximum atomic E-state index is 11.3. The molecule has 0 aliphatic heterocycles. The van der Waals surface area contributed by atoms with Crippen molar-refractivity contribution in [2.75, 3.05) is 6.79 Å². The lowest BCUT2D eigenvalue weighted by atomic mass is 10.1. The summed E-state index contributed by atoms with van der Waals surface area (Å²) < 4.78 is 9.49. The third kappa shape index (κ3) is 6.94. The van der Waals surface area contributed by atoms with Gasteiger partial charge in [0.2, 0.25) is 6.79 Å². The lowest BCUT2D eigenvalue weighted by Crippen LogP contribution is -2.18. The molecule has 0 radical (unpaired) electrons. The van der Waals surface area contributed by atoms with E-state index in [2.05, 4.69) is 0 Å². The Kier molecular flexibility index (Phi) is 7.68. The van der Waals surface area contributed by atoms with Crippen molar-refractivity contribution in [3.63, 3.8) is 0 Å². The van der Waals surface area contributed by atoms with Crippen LogP contribution in [-0.4, -0.2) is 18.7 Å². The van der Waals surface area contributed by atoms with Crippen LogP contribution in [0.3, 0.4) is 0 Å². The molecule has 0 heterocycles. The van der Waals surface area contributed by atoms with Crippen molar-refractivity contribution in [3.8, 4) is 0 Å². The van der Waals surface area contributed by atoms with E-state index in [9.17, 15) is 9.59 Å². The molecule has 0 amide bonds. The molecule has 0 spiro atoms. The maximum absolute atomic E-state index is 11.3. The summed E-state index contributed by atoms with van der Waals surface area (Å²) in [4.78, 5) is 22.2. The molecule has 15 heavy (non-hydrogen) atoms. The molecule has 1 atom stereocenters. The minimum absolute atomic E-state index is 0.125. The van der Waals surface area contributed by atoms with Crippen molar-refractivity contribution in [1.29, 1.82) is 0 Å². The molecule has 4 nitrogen and oxygen atoms in total. The van der Waals surface area contributed by atoms with E-state index < -0.39 is 0 Å². The smallest absolute Gasteiger partial charge is 0.311 e. The van der Waals surface area contributed by atoms with E-state index in [0.29, 0.717) is 6.42 Å². The first-order valence-electron chi connectivity index (χ1n) is 5.44. The molecule has 0 fully saturated rings. The maximum Gasteiger partial charge on any atom is 0.311 e. The summed E-state index contributed by atoms with van der Waals surface area (Å²) in [7, 11) is 0. The molecule has 0 aromatic carbocycles. The zero-order valence-corrected chi connectivity index (χ0v) is 9.75. The normalized spacial score (nSPS) is 11.9. The fraction of sp³-hybridized carbons (Fsp3) is 0.818. The van der Waals surface area contributed by atoms with Crippen LogP contribution >= 0.6 is 0 Å². The number of hydrogen-bond acceptors (Lipinski definition) is 4. The molecule has 0 bridgehead atoms. The van der Waals surface area contributed by atoms with E-state index in [4.69, 9.17) is 9.47 Å². The van der Waals surface area contributed by atoms with Crippen molar-refractivity contribution in [3.05, 3.63) is 0 Å². The van der Waals surface area contributed by atoms with Crippen molar-refractivity contribution in [1.82, 2.24) is 0 Å². The average molecular weight is 216 g/mol. The number of rotatable bonds is 7. The molecule has 0 saturated heterocycles. The van der Waals surface area contributed by atoms with Crippen LogP contribution in [0.15, 0.2) is 0 Å². The highest BCUT2D eigenvalue weighted by Gasteiger charge is 2.13. The summed E-state index contributed by atoms with van der Waals surface area (Å²) in [6, 6.07) is 0. The Morgan fingerprint density at radius 2 is 1.80 bits per heavy atom. The highest BCUT2D eigenvalue weighted by Crippen LogP contribution is 2.07. The quantitative estimate of drug-likeness (QED) is 0.484. The lowest BCUT2D eigenvalue weighted by molar-refractivity contribution is -0.169. The van der Waals surface area contributed by atoms with Crippen LogP contribution in [-0.2, 0) is 19.1 Å². The third-order valence-corrected chi connectivity index (χ3v) is 2.00. The highest BCUT2D eigenvalue weighted by molar-refractivity contribution is 5.72. The van der Waals surface area contributed by atoms with E-state index in [1.807, 2.05) is 13.8 Å². The summed E-state index contributed by atoms with van der Waals surface area (Å²) in [5.74, 6) is -0.755. The molecule has 0 saturated carbocycles. The summed E-state index contributed by atoms with van der Waals surface area (Å²) in [5, 5.41) is 0. The van der Waals surface area contributed by atoms with Gasteiger partial charge in [-0.2, -0.15) is 0 Å². The number of hydrogen-bond donors (Lipinski definition) is 0. The predicted octanol–water partition coefficient (Wildman–Crippen LogP) is 2.27. The number of carbonyl (C=O) groups excluding carboxylic acids is 2. The van der Waals surface area contributed by atoms with Crippen molar-refractivity contribution < 1.29 is 19.1 Å². The molecule has 88 valence electrons. The van der Waals surface area contributed by atoms with Crippen LogP contribution in [0.2, 0.25) is 0 Å². The van der Waals surface area contributed by atoms with E-state index >= 15 is 0 Å². The van der Waals surface area contributed by atoms with Gasteiger partial charge in [-0.15, -0.1) is 0 Å². The Bertz CT molecular complexity index is 201. The van der Waals surface area contributed by atoms with Crippen LogP contribution in [0.1, 0.15) is 46.5 Å². The Hall–Kier alpha value is -1.06. The molecule has 4 heteroatoms. The fourth-order valence-electron chi connectivity index (χ4n) is 1.12. The van der Waals surface area contributed by atoms with Gasteiger partial charge in [0.05, 0.1) is 5.92 Å². The van der Waals surface area contributed by atoms with Gasteiger partial charge >= 0.3 is 11.9 Å². The third-order valence-electron chi connectivity index (χ3n) is 2.00. The van der Waals surface area contributed by atoms with E-state index in [-0.39, 0.29) is 24.6 Å². The standard InChI is InChI=1S/C11H20O4/c1-4-6-9(3)11(13)15-8-14-10(12)7-5-2/h9H,4-8H2,1-3H3. The van der Waals surface area contributed by atoms with E-state index in [1.165, 1.54) is 0 Å². The zero-order valence-electron chi connectivity index (χ0n) is 9.75. The predicted molar refractivity (Wildman–Crippen MR) is 56.0 cm³/mol. The molecule has 0 aromatic heterocycles. The fourth-order valence-corrected chi connectivity index (χ4v) is 1.12. The van der Waals surface area contributed by atoms with Crippen LogP contribution in [0.4, 0.5) is 0 Å². The molecule has 0 aliphatic carbocycles. The van der Waals surface area contributed by atoms with Gasteiger partial charge in [0, 0.05) is 6.42 Å².